The number of carbonyl (C=O) groups is 2. The van der Waals surface area contributed by atoms with Gasteiger partial charge in [-0.3, -0.25) is 19.5 Å². The first-order valence-electron chi connectivity index (χ1n) is 9.49. The van der Waals surface area contributed by atoms with Gasteiger partial charge in [0.05, 0.1) is 18.0 Å². The Morgan fingerprint density at radius 3 is 2.55 bits per heavy atom. The second kappa shape index (κ2) is 9.60. The lowest BCUT2D eigenvalue weighted by Crippen LogP contribution is -2.36. The first kappa shape index (κ1) is 20.9. The highest BCUT2D eigenvalue weighted by Crippen LogP contribution is 2.26. The normalized spacial score (nSPS) is 14.5. The number of aryl methyl sites for hydroxylation is 1. The van der Waals surface area contributed by atoms with Crippen LogP contribution >= 0.6 is 11.8 Å². The second-order valence-electron chi connectivity index (χ2n) is 6.81. The zero-order valence-electron chi connectivity index (χ0n) is 16.8. The van der Waals surface area contributed by atoms with Gasteiger partial charge in [-0.05, 0) is 50.1 Å². The Bertz CT molecular complexity index is 895. The van der Waals surface area contributed by atoms with E-state index in [1.807, 2.05) is 62.4 Å². The number of nitrogens with one attached hydrogen (secondary N) is 1. The molecule has 0 spiro atoms. The van der Waals surface area contributed by atoms with E-state index in [4.69, 9.17) is 4.74 Å². The molecular formula is C22H25N3O3S. The minimum atomic E-state index is -0.358. The van der Waals surface area contributed by atoms with Crippen molar-refractivity contribution >= 4 is 34.4 Å². The van der Waals surface area contributed by atoms with E-state index in [0.717, 1.165) is 29.0 Å². The molecule has 3 rings (SSSR count). The van der Waals surface area contributed by atoms with Gasteiger partial charge in [-0.15, -0.1) is 0 Å². The summed E-state index contributed by atoms with van der Waals surface area (Å²) >= 11 is 1.30. The molecular weight excluding hydrogens is 386 g/mol. The Labute approximate surface area is 175 Å². The average Bonchev–Trinajstić information content (AvgIpc) is 3.09. The van der Waals surface area contributed by atoms with Gasteiger partial charge in [0.1, 0.15) is 12.3 Å². The van der Waals surface area contributed by atoms with Gasteiger partial charge in [0.2, 0.25) is 5.91 Å². The molecule has 0 saturated carbocycles. The van der Waals surface area contributed by atoms with Crippen molar-refractivity contribution in [1.82, 2.24) is 5.32 Å². The van der Waals surface area contributed by atoms with Crippen molar-refractivity contribution in [3.63, 3.8) is 0 Å². The molecule has 0 fully saturated rings. The minimum Gasteiger partial charge on any atom is -0.497 e. The van der Waals surface area contributed by atoms with Crippen molar-refractivity contribution in [2.45, 2.75) is 25.5 Å². The van der Waals surface area contributed by atoms with Gasteiger partial charge >= 0.3 is 0 Å². The van der Waals surface area contributed by atoms with Crippen molar-refractivity contribution < 1.29 is 14.3 Å². The zero-order chi connectivity index (χ0) is 20.8. The molecule has 0 aliphatic carbocycles. The molecule has 29 heavy (non-hydrogen) atoms. The molecule has 0 bridgehead atoms. The first-order chi connectivity index (χ1) is 14.0. The van der Waals surface area contributed by atoms with Gasteiger partial charge in [-0.25, -0.2) is 0 Å². The van der Waals surface area contributed by atoms with Crippen LogP contribution in [0.3, 0.4) is 0 Å². The predicted molar refractivity (Wildman–Crippen MR) is 118 cm³/mol. The summed E-state index contributed by atoms with van der Waals surface area (Å²) in [6.07, 6.45) is 0.738. The second-order valence-corrected chi connectivity index (χ2v) is 8.12. The molecule has 6 nitrogen and oxygen atoms in total. The molecule has 7 heteroatoms. The number of amides is 2. The van der Waals surface area contributed by atoms with Crippen molar-refractivity contribution in [3.8, 4) is 5.75 Å². The summed E-state index contributed by atoms with van der Waals surface area (Å²) < 4.78 is 5.15. The number of nitrogens with zero attached hydrogens (tertiary/aromatic N) is 2. The van der Waals surface area contributed by atoms with E-state index in [0.29, 0.717) is 11.7 Å². The van der Waals surface area contributed by atoms with E-state index in [2.05, 4.69) is 10.3 Å². The number of methoxy groups -OCH3 is 1. The number of anilines is 1. The first-order valence-corrected chi connectivity index (χ1v) is 10.4. The van der Waals surface area contributed by atoms with E-state index < -0.39 is 0 Å². The molecule has 1 atom stereocenters. The number of benzene rings is 2. The van der Waals surface area contributed by atoms with Gasteiger partial charge in [-0.1, -0.05) is 41.6 Å². The van der Waals surface area contributed by atoms with Crippen LogP contribution in [0.1, 0.15) is 18.1 Å². The summed E-state index contributed by atoms with van der Waals surface area (Å²) in [4.78, 5) is 30.7. The van der Waals surface area contributed by atoms with Gasteiger partial charge in [0.15, 0.2) is 5.17 Å². The lowest BCUT2D eigenvalue weighted by Gasteiger charge is -2.20. The van der Waals surface area contributed by atoms with Gasteiger partial charge in [-0.2, -0.15) is 0 Å². The van der Waals surface area contributed by atoms with Crippen LogP contribution in [-0.2, 0) is 16.0 Å². The summed E-state index contributed by atoms with van der Waals surface area (Å²) in [5.74, 6) is 0.658. The van der Waals surface area contributed by atoms with Crippen LogP contribution in [-0.4, -0.2) is 42.4 Å². The van der Waals surface area contributed by atoms with Gasteiger partial charge in [0.25, 0.3) is 5.91 Å². The van der Waals surface area contributed by atoms with Crippen LogP contribution < -0.4 is 15.0 Å². The number of hydrogen-bond donors (Lipinski definition) is 1. The molecule has 0 unspecified atom stereocenters. The van der Waals surface area contributed by atoms with Crippen molar-refractivity contribution in [3.05, 3.63) is 59.7 Å². The quantitative estimate of drug-likeness (QED) is 0.760. The maximum atomic E-state index is 12.5. The third kappa shape index (κ3) is 5.38. The summed E-state index contributed by atoms with van der Waals surface area (Å²) in [6, 6.07) is 15.5. The van der Waals surface area contributed by atoms with Crippen LogP contribution in [0.4, 0.5) is 5.69 Å². The molecule has 0 aromatic heterocycles. The maximum absolute atomic E-state index is 12.5. The summed E-state index contributed by atoms with van der Waals surface area (Å²) in [5.41, 5.74) is 3.02. The van der Waals surface area contributed by atoms with Crippen LogP contribution in [0.2, 0.25) is 0 Å². The number of amidine groups is 1. The molecule has 1 aliphatic rings. The number of rotatable bonds is 7. The molecule has 0 saturated heterocycles. The molecule has 0 radical (unpaired) electrons. The Balaban J connectivity index is 1.52. The van der Waals surface area contributed by atoms with Crippen LogP contribution in [0.15, 0.2) is 53.5 Å². The highest BCUT2D eigenvalue weighted by molar-refractivity contribution is 8.15. The fourth-order valence-electron chi connectivity index (χ4n) is 2.90. The van der Waals surface area contributed by atoms with Crippen LogP contribution in [0.25, 0.3) is 0 Å². The average molecular weight is 412 g/mol. The topological polar surface area (TPSA) is 71.0 Å². The van der Waals surface area contributed by atoms with E-state index in [-0.39, 0.29) is 23.6 Å². The van der Waals surface area contributed by atoms with E-state index in [9.17, 15) is 9.59 Å². The summed E-state index contributed by atoms with van der Waals surface area (Å²) in [7, 11) is 1.64. The number of ether oxygens (including phenoxy) is 1. The molecule has 2 aromatic carbocycles. The zero-order valence-corrected chi connectivity index (χ0v) is 17.7. The van der Waals surface area contributed by atoms with Crippen molar-refractivity contribution in [1.29, 1.82) is 0 Å². The van der Waals surface area contributed by atoms with E-state index in [1.54, 1.807) is 12.0 Å². The molecule has 1 aliphatic heterocycles. The lowest BCUT2D eigenvalue weighted by molar-refractivity contribution is -0.120. The third-order valence-electron chi connectivity index (χ3n) is 4.61. The highest BCUT2D eigenvalue weighted by atomic mass is 32.2. The van der Waals surface area contributed by atoms with E-state index in [1.165, 1.54) is 11.8 Å². The highest BCUT2D eigenvalue weighted by Gasteiger charge is 2.30. The Morgan fingerprint density at radius 2 is 1.90 bits per heavy atom. The van der Waals surface area contributed by atoms with E-state index >= 15 is 0 Å². The molecule has 2 aromatic rings. The number of carbonyl (C=O) groups excluding carboxylic acids is 2. The van der Waals surface area contributed by atoms with Gasteiger partial charge < -0.3 is 10.1 Å². The number of thioether (sulfide) groups is 1. The predicted octanol–water partition coefficient (Wildman–Crippen LogP) is 3.19. The molecule has 152 valence electrons. The van der Waals surface area contributed by atoms with Gasteiger partial charge in [0, 0.05) is 6.54 Å². The Hall–Kier alpha value is -2.80. The maximum Gasteiger partial charge on any atom is 0.254 e. The Morgan fingerprint density at radius 1 is 1.21 bits per heavy atom. The fourth-order valence-corrected chi connectivity index (χ4v) is 3.86. The molecule has 2 amide bonds. The standard InChI is InChI=1S/C22H25N3O3S/c1-15-4-8-18(9-5-15)25-20(26)14-24-22(25)29-16(2)21(27)23-13-12-17-6-10-19(28-3)11-7-17/h4-11,16H,12-14H2,1-3H3,(H,23,27)/t16-/m1/s1. The largest absolute Gasteiger partial charge is 0.497 e. The Kier molecular flexibility index (Phi) is 6.93. The smallest absolute Gasteiger partial charge is 0.254 e. The SMILES string of the molecule is COc1ccc(CCNC(=O)[C@@H](C)SC2=NCC(=O)N2c2ccc(C)cc2)cc1. The number of aliphatic imine (C=N–C) groups is 1. The molecule has 1 heterocycles. The summed E-state index contributed by atoms with van der Waals surface area (Å²) in [5, 5.41) is 3.17. The van der Waals surface area contributed by atoms with Crippen molar-refractivity contribution in [2.75, 3.05) is 25.1 Å². The third-order valence-corrected chi connectivity index (χ3v) is 5.70. The van der Waals surface area contributed by atoms with Crippen LogP contribution in [0.5, 0.6) is 5.75 Å². The minimum absolute atomic E-state index is 0.0746. The lowest BCUT2D eigenvalue weighted by atomic mass is 10.1. The monoisotopic (exact) mass is 411 g/mol. The summed E-state index contributed by atoms with van der Waals surface area (Å²) in [6.45, 7) is 4.48. The number of hydrogen-bond acceptors (Lipinski definition) is 5. The van der Waals surface area contributed by atoms with Crippen molar-refractivity contribution in [2.24, 2.45) is 4.99 Å². The fraction of sp³-hybridized carbons (Fsp3) is 0.318. The van der Waals surface area contributed by atoms with Crippen LogP contribution in [0, 0.1) is 6.92 Å². The molecule has 1 N–H and O–H groups in total.